The highest BCUT2D eigenvalue weighted by Gasteiger charge is 2.21. The van der Waals surface area contributed by atoms with Crippen molar-refractivity contribution >= 4 is 21.6 Å². The molecule has 1 aromatic rings. The molecular weight excluding hydrogens is 335 g/mol. The Balaban J connectivity index is 2.00. The van der Waals surface area contributed by atoms with Gasteiger partial charge in [-0.25, -0.2) is 4.39 Å². The Morgan fingerprint density at radius 1 is 1.29 bits per heavy atom. The largest absolute Gasteiger partial charge is 0.367 e. The highest BCUT2D eigenvalue weighted by atomic mass is 79.9. The topological polar surface area (TPSA) is 33.5 Å². The first kappa shape index (κ1) is 16.2. The first-order valence-electron chi connectivity index (χ1n) is 7.03. The number of anilines is 1. The lowest BCUT2D eigenvalue weighted by Crippen LogP contribution is -2.48. The Labute approximate surface area is 133 Å². The molecule has 1 saturated heterocycles. The average molecular weight is 355 g/mol. The fraction of sp³-hybridized carbons (Fsp3) is 0.533. The zero-order valence-corrected chi connectivity index (χ0v) is 14.0. The monoisotopic (exact) mass is 354 g/mol. The maximum Gasteiger partial charge on any atom is 0.161 e. The van der Waals surface area contributed by atoms with E-state index in [0.29, 0.717) is 11.3 Å². The summed E-state index contributed by atoms with van der Waals surface area (Å²) in [5.74, 6) is -0.337. The second-order valence-corrected chi connectivity index (χ2v) is 6.30. The third-order valence-corrected chi connectivity index (χ3v) is 4.53. The van der Waals surface area contributed by atoms with Crippen molar-refractivity contribution in [1.29, 1.82) is 5.26 Å². The minimum atomic E-state index is -0.337. The van der Waals surface area contributed by atoms with Gasteiger partial charge in [0.2, 0.25) is 0 Å². The van der Waals surface area contributed by atoms with Crippen molar-refractivity contribution in [1.82, 2.24) is 9.80 Å². The van der Waals surface area contributed by atoms with Gasteiger partial charge < -0.3 is 9.80 Å². The van der Waals surface area contributed by atoms with E-state index in [1.165, 1.54) is 0 Å². The van der Waals surface area contributed by atoms with Crippen molar-refractivity contribution < 1.29 is 4.39 Å². The molecule has 0 amide bonds. The Morgan fingerprint density at radius 3 is 2.52 bits per heavy atom. The molecule has 0 atom stereocenters. The van der Waals surface area contributed by atoms with Crippen LogP contribution in [-0.4, -0.2) is 63.2 Å². The SMILES string of the molecule is CN(C)CCN1CCN(c2ccc(C#N)c(Br)c2F)CC1. The van der Waals surface area contributed by atoms with Crippen LogP contribution >= 0.6 is 15.9 Å². The van der Waals surface area contributed by atoms with E-state index in [1.807, 2.05) is 11.0 Å². The zero-order chi connectivity index (χ0) is 15.4. The predicted molar refractivity (Wildman–Crippen MR) is 86.0 cm³/mol. The number of halogens is 2. The molecule has 1 fully saturated rings. The second kappa shape index (κ2) is 7.21. The van der Waals surface area contributed by atoms with Gasteiger partial charge >= 0.3 is 0 Å². The fourth-order valence-electron chi connectivity index (χ4n) is 2.42. The summed E-state index contributed by atoms with van der Waals surface area (Å²) < 4.78 is 14.6. The van der Waals surface area contributed by atoms with Crippen LogP contribution in [0.25, 0.3) is 0 Å². The minimum absolute atomic E-state index is 0.262. The van der Waals surface area contributed by atoms with Crippen molar-refractivity contribution in [3.63, 3.8) is 0 Å². The Hall–Kier alpha value is -1.16. The summed E-state index contributed by atoms with van der Waals surface area (Å²) in [4.78, 5) is 6.62. The number of nitriles is 1. The van der Waals surface area contributed by atoms with Crippen LogP contribution in [0.1, 0.15) is 5.56 Å². The normalized spacial score (nSPS) is 16.3. The predicted octanol–water partition coefficient (Wildman–Crippen LogP) is 2.14. The maximum atomic E-state index is 14.3. The standard InChI is InChI=1S/C15H20BrFN4/c1-19(2)5-6-20-7-9-21(10-8-20)13-4-3-12(11-18)14(16)15(13)17/h3-4H,5-10H2,1-2H3. The molecule has 0 aromatic heterocycles. The summed E-state index contributed by atoms with van der Waals surface area (Å²) in [5, 5.41) is 8.91. The van der Waals surface area contributed by atoms with Crippen molar-refractivity contribution in [3.05, 3.63) is 28.0 Å². The van der Waals surface area contributed by atoms with Gasteiger partial charge in [0, 0.05) is 39.3 Å². The first-order valence-corrected chi connectivity index (χ1v) is 7.82. The number of benzene rings is 1. The van der Waals surface area contributed by atoms with Gasteiger partial charge in [-0.05, 0) is 42.2 Å². The van der Waals surface area contributed by atoms with Gasteiger partial charge in [0.15, 0.2) is 5.82 Å². The lowest BCUT2D eigenvalue weighted by atomic mass is 10.2. The van der Waals surface area contributed by atoms with Gasteiger partial charge in [-0.2, -0.15) is 5.26 Å². The van der Waals surface area contributed by atoms with E-state index in [4.69, 9.17) is 5.26 Å². The molecule has 0 spiro atoms. The Morgan fingerprint density at radius 2 is 1.95 bits per heavy atom. The van der Waals surface area contributed by atoms with Crippen LogP contribution in [0.2, 0.25) is 0 Å². The molecular formula is C15H20BrFN4. The first-order chi connectivity index (χ1) is 10.0. The molecule has 1 aliphatic rings. The number of hydrogen-bond acceptors (Lipinski definition) is 4. The minimum Gasteiger partial charge on any atom is -0.367 e. The number of piperazine rings is 1. The number of nitrogens with zero attached hydrogens (tertiary/aromatic N) is 4. The van der Waals surface area contributed by atoms with E-state index in [0.717, 1.165) is 39.3 Å². The third-order valence-electron chi connectivity index (χ3n) is 3.76. The lowest BCUT2D eigenvalue weighted by molar-refractivity contribution is 0.229. The summed E-state index contributed by atoms with van der Waals surface area (Å²) >= 11 is 3.17. The maximum absolute atomic E-state index is 14.3. The van der Waals surface area contributed by atoms with Crippen LogP contribution in [0, 0.1) is 17.1 Å². The van der Waals surface area contributed by atoms with E-state index in [-0.39, 0.29) is 10.3 Å². The number of rotatable bonds is 4. The van der Waals surface area contributed by atoms with Gasteiger partial charge in [0.05, 0.1) is 15.7 Å². The Bertz CT molecular complexity index is 533. The summed E-state index contributed by atoms with van der Waals surface area (Å²) in [6.45, 7) is 5.57. The molecule has 21 heavy (non-hydrogen) atoms. The van der Waals surface area contributed by atoms with Crippen molar-refractivity contribution in [2.75, 3.05) is 58.3 Å². The molecule has 0 N–H and O–H groups in total. The van der Waals surface area contributed by atoms with E-state index >= 15 is 0 Å². The fourth-order valence-corrected chi connectivity index (χ4v) is 2.85. The van der Waals surface area contributed by atoms with Gasteiger partial charge in [-0.1, -0.05) is 0 Å². The van der Waals surface area contributed by atoms with Crippen LogP contribution in [0.15, 0.2) is 16.6 Å². The van der Waals surface area contributed by atoms with Crippen molar-refractivity contribution in [2.45, 2.75) is 0 Å². The highest BCUT2D eigenvalue weighted by molar-refractivity contribution is 9.10. The summed E-state index contributed by atoms with van der Waals surface area (Å²) in [5.41, 5.74) is 0.911. The number of likely N-dealkylation sites (N-methyl/N-ethyl adjacent to an activating group) is 1. The molecule has 0 bridgehead atoms. The van der Waals surface area contributed by atoms with E-state index in [2.05, 4.69) is 39.8 Å². The van der Waals surface area contributed by atoms with Crippen LogP contribution in [-0.2, 0) is 0 Å². The van der Waals surface area contributed by atoms with Gasteiger partial charge in [0.1, 0.15) is 6.07 Å². The highest BCUT2D eigenvalue weighted by Crippen LogP contribution is 2.29. The molecule has 1 aromatic carbocycles. The Kier molecular flexibility index (Phi) is 5.57. The molecule has 1 aliphatic heterocycles. The summed E-state index contributed by atoms with van der Waals surface area (Å²) in [6, 6.07) is 5.35. The second-order valence-electron chi connectivity index (χ2n) is 5.50. The smallest absolute Gasteiger partial charge is 0.161 e. The van der Waals surface area contributed by atoms with E-state index < -0.39 is 0 Å². The molecule has 6 heteroatoms. The molecule has 0 aliphatic carbocycles. The average Bonchev–Trinajstić information content (AvgIpc) is 2.48. The quantitative estimate of drug-likeness (QED) is 0.829. The molecule has 4 nitrogen and oxygen atoms in total. The van der Waals surface area contributed by atoms with Gasteiger partial charge in [-0.15, -0.1) is 0 Å². The number of hydrogen-bond donors (Lipinski definition) is 0. The van der Waals surface area contributed by atoms with Crippen LogP contribution < -0.4 is 4.90 Å². The van der Waals surface area contributed by atoms with E-state index in [1.54, 1.807) is 12.1 Å². The third kappa shape index (κ3) is 3.94. The van der Waals surface area contributed by atoms with Gasteiger partial charge in [-0.3, -0.25) is 4.90 Å². The van der Waals surface area contributed by atoms with Crippen LogP contribution in [0.4, 0.5) is 10.1 Å². The zero-order valence-electron chi connectivity index (χ0n) is 12.4. The van der Waals surface area contributed by atoms with Gasteiger partial charge in [0.25, 0.3) is 0 Å². The molecule has 0 unspecified atom stereocenters. The van der Waals surface area contributed by atoms with Crippen molar-refractivity contribution in [3.8, 4) is 6.07 Å². The van der Waals surface area contributed by atoms with Crippen LogP contribution in [0.3, 0.4) is 0 Å². The van der Waals surface area contributed by atoms with Crippen molar-refractivity contribution in [2.24, 2.45) is 0 Å². The molecule has 114 valence electrons. The molecule has 2 rings (SSSR count). The molecule has 0 radical (unpaired) electrons. The summed E-state index contributed by atoms with van der Waals surface area (Å²) in [7, 11) is 4.14. The van der Waals surface area contributed by atoms with E-state index in [9.17, 15) is 4.39 Å². The lowest BCUT2D eigenvalue weighted by Gasteiger charge is -2.36. The van der Waals surface area contributed by atoms with Crippen LogP contribution in [0.5, 0.6) is 0 Å². The summed E-state index contributed by atoms with van der Waals surface area (Å²) in [6.07, 6.45) is 0. The molecule has 0 saturated carbocycles. The molecule has 1 heterocycles.